The second kappa shape index (κ2) is 6.07. The van der Waals surface area contributed by atoms with Crippen LogP contribution in [0.4, 0.5) is 13.2 Å². The Morgan fingerprint density at radius 2 is 2.17 bits per heavy atom. The number of imidazole rings is 1. The van der Waals surface area contributed by atoms with E-state index < -0.39 is 11.9 Å². The first-order chi connectivity index (χ1) is 10.8. The minimum Gasteiger partial charge on any atom is -0.396 e. The topological polar surface area (TPSA) is 50.5 Å². The van der Waals surface area contributed by atoms with Crippen molar-refractivity contribution in [3.63, 3.8) is 0 Å². The third-order valence-corrected chi connectivity index (χ3v) is 4.78. The highest BCUT2D eigenvalue weighted by molar-refractivity contribution is 5.12. The molecule has 0 bridgehead atoms. The maximum absolute atomic E-state index is 12.8. The van der Waals surface area contributed by atoms with Gasteiger partial charge in [-0.1, -0.05) is 0 Å². The summed E-state index contributed by atoms with van der Waals surface area (Å²) >= 11 is 0. The van der Waals surface area contributed by atoms with E-state index in [1.807, 2.05) is 0 Å². The van der Waals surface area contributed by atoms with Crippen molar-refractivity contribution in [2.24, 2.45) is 12.5 Å². The Bertz CT molecular complexity index is 549. The van der Waals surface area contributed by atoms with E-state index in [4.69, 9.17) is 4.74 Å². The summed E-state index contributed by atoms with van der Waals surface area (Å²) < 4.78 is 45.2. The van der Waals surface area contributed by atoms with Crippen LogP contribution in [0.25, 0.3) is 0 Å². The Morgan fingerprint density at radius 1 is 1.43 bits per heavy atom. The van der Waals surface area contributed by atoms with Crippen LogP contribution in [0.3, 0.4) is 0 Å². The molecule has 3 rings (SSSR count). The van der Waals surface area contributed by atoms with Crippen LogP contribution < -0.4 is 0 Å². The normalized spacial score (nSPS) is 25.3. The Hall–Kier alpha value is -1.12. The number of alkyl halides is 3. The molecule has 0 unspecified atom stereocenters. The molecule has 0 aromatic carbocycles. The van der Waals surface area contributed by atoms with E-state index in [-0.39, 0.29) is 17.9 Å². The molecule has 130 valence electrons. The van der Waals surface area contributed by atoms with Crippen LogP contribution in [-0.2, 0) is 18.0 Å². The van der Waals surface area contributed by atoms with Gasteiger partial charge in [0.1, 0.15) is 5.82 Å². The zero-order chi connectivity index (χ0) is 16.7. The zero-order valence-electron chi connectivity index (χ0n) is 13.1. The van der Waals surface area contributed by atoms with Gasteiger partial charge in [0.15, 0.2) is 5.69 Å². The molecule has 1 aromatic heterocycles. The molecule has 1 atom stereocenters. The van der Waals surface area contributed by atoms with E-state index in [1.165, 1.54) is 4.57 Å². The number of aromatic nitrogens is 2. The Labute approximate surface area is 133 Å². The molecule has 0 aliphatic carbocycles. The molecule has 2 aliphatic heterocycles. The van der Waals surface area contributed by atoms with Crippen LogP contribution in [0.2, 0.25) is 0 Å². The number of aryl methyl sites for hydroxylation is 1. The summed E-state index contributed by atoms with van der Waals surface area (Å²) in [5.41, 5.74) is -1.04. The number of likely N-dealkylation sites (tertiary alicyclic amines) is 1. The van der Waals surface area contributed by atoms with Crippen LogP contribution in [-0.4, -0.2) is 59.0 Å². The summed E-state index contributed by atoms with van der Waals surface area (Å²) in [7, 11) is 1.62. The summed E-state index contributed by atoms with van der Waals surface area (Å²) in [6, 6.07) is 0. The summed E-state index contributed by atoms with van der Waals surface area (Å²) in [6.07, 6.45) is -1.60. The van der Waals surface area contributed by atoms with Crippen LogP contribution >= 0.6 is 0 Å². The second-order valence-corrected chi connectivity index (χ2v) is 6.82. The molecule has 0 amide bonds. The van der Waals surface area contributed by atoms with Gasteiger partial charge in [-0.15, -0.1) is 0 Å². The van der Waals surface area contributed by atoms with Gasteiger partial charge in [-0.05, 0) is 19.4 Å². The number of ether oxygens (including phenoxy) is 1. The van der Waals surface area contributed by atoms with E-state index in [1.54, 1.807) is 7.05 Å². The molecule has 2 fully saturated rings. The van der Waals surface area contributed by atoms with Crippen molar-refractivity contribution in [2.75, 3.05) is 39.5 Å². The first kappa shape index (κ1) is 16.7. The van der Waals surface area contributed by atoms with Crippen molar-refractivity contribution in [1.29, 1.82) is 0 Å². The quantitative estimate of drug-likeness (QED) is 0.910. The van der Waals surface area contributed by atoms with Gasteiger partial charge in [0, 0.05) is 32.3 Å². The highest BCUT2D eigenvalue weighted by atomic mass is 19.4. The summed E-state index contributed by atoms with van der Waals surface area (Å²) in [5, 5.41) is 9.54. The fourth-order valence-electron chi connectivity index (χ4n) is 3.50. The van der Waals surface area contributed by atoms with Crippen molar-refractivity contribution in [3.05, 3.63) is 17.7 Å². The van der Waals surface area contributed by atoms with Crippen molar-refractivity contribution >= 4 is 0 Å². The number of halogens is 3. The number of piperidine rings is 1. The molecule has 0 radical (unpaired) electrons. The van der Waals surface area contributed by atoms with Crippen molar-refractivity contribution < 1.29 is 23.0 Å². The molecule has 1 aromatic rings. The van der Waals surface area contributed by atoms with Gasteiger partial charge in [0.25, 0.3) is 0 Å². The first-order valence-electron chi connectivity index (χ1n) is 7.84. The van der Waals surface area contributed by atoms with Crippen LogP contribution in [0, 0.1) is 5.41 Å². The van der Waals surface area contributed by atoms with Gasteiger partial charge < -0.3 is 19.3 Å². The molecule has 5 nitrogen and oxygen atoms in total. The smallest absolute Gasteiger partial charge is 0.396 e. The van der Waals surface area contributed by atoms with E-state index in [9.17, 15) is 18.3 Å². The van der Waals surface area contributed by atoms with Crippen molar-refractivity contribution in [3.8, 4) is 0 Å². The summed E-state index contributed by atoms with van der Waals surface area (Å²) in [4.78, 5) is 6.04. The number of hydrogen-bond acceptors (Lipinski definition) is 4. The van der Waals surface area contributed by atoms with Crippen LogP contribution in [0.15, 0.2) is 6.20 Å². The molecule has 8 heteroatoms. The molecular weight excluding hydrogens is 311 g/mol. The van der Waals surface area contributed by atoms with E-state index in [0.29, 0.717) is 25.6 Å². The first-order valence-corrected chi connectivity index (χ1v) is 7.84. The second-order valence-electron chi connectivity index (χ2n) is 6.82. The number of hydrogen-bond donors (Lipinski definition) is 1. The Morgan fingerprint density at radius 3 is 2.70 bits per heavy atom. The van der Waals surface area contributed by atoms with Gasteiger partial charge >= 0.3 is 6.18 Å². The molecule has 23 heavy (non-hydrogen) atoms. The van der Waals surface area contributed by atoms with E-state index in [0.717, 1.165) is 32.1 Å². The summed E-state index contributed by atoms with van der Waals surface area (Å²) in [6.45, 7) is 3.46. The zero-order valence-corrected chi connectivity index (χ0v) is 13.1. The Balaban J connectivity index is 1.70. The number of aliphatic hydroxyl groups is 1. The van der Waals surface area contributed by atoms with Crippen molar-refractivity contribution in [2.45, 2.75) is 24.9 Å². The van der Waals surface area contributed by atoms with Gasteiger partial charge in [-0.2, -0.15) is 13.2 Å². The molecular formula is C15H22F3N3O2. The maximum atomic E-state index is 12.8. The number of rotatable bonds is 4. The standard InChI is InChI=1S/C15H22F3N3O2/c1-20-6-12(15(16,17)18)19-13(20)11-3-2-4-21(5-11)7-14(8-22)9-23-10-14/h6,11,22H,2-5,7-10H2,1H3/t11-/m1/s1. The largest absolute Gasteiger partial charge is 0.434 e. The summed E-state index contributed by atoms with van der Waals surface area (Å²) in [5.74, 6) is 0.478. The average Bonchev–Trinajstić information content (AvgIpc) is 2.85. The lowest BCUT2D eigenvalue weighted by Gasteiger charge is -2.45. The Kier molecular flexibility index (Phi) is 4.41. The number of nitrogens with zero attached hydrogens (tertiary/aromatic N) is 3. The van der Waals surface area contributed by atoms with Gasteiger partial charge in [0.2, 0.25) is 0 Å². The average molecular weight is 333 g/mol. The van der Waals surface area contributed by atoms with E-state index >= 15 is 0 Å². The predicted octanol–water partition coefficient (Wildman–Crippen LogP) is 1.63. The SMILES string of the molecule is Cn1cc(C(F)(F)F)nc1[C@@H]1CCCN(CC2(CO)COC2)C1. The van der Waals surface area contributed by atoms with Crippen molar-refractivity contribution in [1.82, 2.24) is 14.5 Å². The van der Waals surface area contributed by atoms with Gasteiger partial charge in [0.05, 0.1) is 25.2 Å². The minimum atomic E-state index is -4.41. The lowest BCUT2D eigenvalue weighted by Crippen LogP contribution is -2.54. The fraction of sp³-hybridized carbons (Fsp3) is 0.800. The highest BCUT2D eigenvalue weighted by Gasteiger charge is 2.41. The molecule has 0 spiro atoms. The third-order valence-electron chi connectivity index (χ3n) is 4.78. The fourth-order valence-corrected chi connectivity index (χ4v) is 3.50. The van der Waals surface area contributed by atoms with Gasteiger partial charge in [-0.25, -0.2) is 4.98 Å². The minimum absolute atomic E-state index is 0.0124. The van der Waals surface area contributed by atoms with Gasteiger partial charge in [-0.3, -0.25) is 0 Å². The molecule has 3 heterocycles. The monoisotopic (exact) mass is 333 g/mol. The lowest BCUT2D eigenvalue weighted by atomic mass is 9.85. The molecule has 2 saturated heterocycles. The molecule has 2 aliphatic rings. The molecule has 0 saturated carbocycles. The van der Waals surface area contributed by atoms with Crippen LogP contribution in [0.5, 0.6) is 0 Å². The van der Waals surface area contributed by atoms with Crippen LogP contribution in [0.1, 0.15) is 30.3 Å². The molecule has 1 N–H and O–H groups in total. The van der Waals surface area contributed by atoms with E-state index in [2.05, 4.69) is 9.88 Å². The highest BCUT2D eigenvalue weighted by Crippen LogP contribution is 2.34. The predicted molar refractivity (Wildman–Crippen MR) is 77.0 cm³/mol. The third kappa shape index (κ3) is 3.39. The number of aliphatic hydroxyl groups excluding tert-OH is 1. The lowest BCUT2D eigenvalue weighted by molar-refractivity contribution is -0.150. The maximum Gasteiger partial charge on any atom is 0.434 e.